The van der Waals surface area contributed by atoms with Crippen molar-refractivity contribution in [3.05, 3.63) is 27.8 Å². The summed E-state index contributed by atoms with van der Waals surface area (Å²) in [6.07, 6.45) is -0.350. The fourth-order valence-electron chi connectivity index (χ4n) is 0.992. The van der Waals surface area contributed by atoms with Crippen molar-refractivity contribution >= 4 is 40.2 Å². The molecule has 0 aliphatic rings. The van der Waals surface area contributed by atoms with Crippen LogP contribution in [0.5, 0.6) is 0 Å². The minimum absolute atomic E-state index is 0.350. The summed E-state index contributed by atoms with van der Waals surface area (Å²) in [6, 6.07) is 8.82. The van der Waals surface area contributed by atoms with Crippen molar-refractivity contribution in [3.8, 4) is 6.07 Å². The Bertz CT molecular complexity index is 451. The fourth-order valence-corrected chi connectivity index (χ4v) is 1.35. The van der Waals surface area contributed by atoms with E-state index < -0.39 is 11.9 Å². The quantitative estimate of drug-likeness (QED) is 0.666. The Balaban J connectivity index is 2.37. The molecule has 0 fully saturated rings. The van der Waals surface area contributed by atoms with Crippen LogP contribution in [0.4, 0.5) is 5.69 Å². The molecule has 0 radical (unpaired) electrons. The molecule has 1 N–H and O–H groups in total. The number of carbonyl (C=O) groups excluding carboxylic acids is 2. The number of hydrogen-bond acceptors (Lipinski definition) is 4. The van der Waals surface area contributed by atoms with E-state index in [-0.39, 0.29) is 13.0 Å². The van der Waals surface area contributed by atoms with Crippen molar-refractivity contribution in [2.24, 2.45) is 0 Å². The molecule has 0 heterocycles. The van der Waals surface area contributed by atoms with E-state index in [1.807, 2.05) is 12.1 Å². The van der Waals surface area contributed by atoms with Gasteiger partial charge in [0, 0.05) is 9.26 Å². The number of amides is 1. The third-order valence-electron chi connectivity index (χ3n) is 1.72. The molecule has 0 saturated carbocycles. The van der Waals surface area contributed by atoms with Gasteiger partial charge in [-0.1, -0.05) is 0 Å². The third kappa shape index (κ3) is 5.31. The van der Waals surface area contributed by atoms with Gasteiger partial charge in [-0.25, -0.2) is 0 Å². The van der Waals surface area contributed by atoms with E-state index in [2.05, 4.69) is 32.6 Å². The van der Waals surface area contributed by atoms with Crippen molar-refractivity contribution in [1.29, 1.82) is 5.26 Å². The average Bonchev–Trinajstić information content (AvgIpc) is 2.30. The Morgan fingerprint density at radius 3 is 2.59 bits per heavy atom. The predicted octanol–water partition coefficient (Wildman–Crippen LogP) is 1.69. The van der Waals surface area contributed by atoms with Crippen molar-refractivity contribution in [2.45, 2.75) is 6.42 Å². The van der Waals surface area contributed by atoms with Crippen LogP contribution in [0, 0.1) is 14.9 Å². The van der Waals surface area contributed by atoms with Gasteiger partial charge in [0.25, 0.3) is 5.91 Å². The highest BCUT2D eigenvalue weighted by atomic mass is 127. The molecule has 1 rings (SSSR count). The predicted molar refractivity (Wildman–Crippen MR) is 69.0 cm³/mol. The van der Waals surface area contributed by atoms with Gasteiger partial charge in [-0.15, -0.1) is 0 Å². The maximum absolute atomic E-state index is 11.3. The number of carbonyl (C=O) groups is 2. The third-order valence-corrected chi connectivity index (χ3v) is 2.43. The highest BCUT2D eigenvalue weighted by Crippen LogP contribution is 2.10. The van der Waals surface area contributed by atoms with Crippen LogP contribution in [0.25, 0.3) is 0 Å². The summed E-state index contributed by atoms with van der Waals surface area (Å²) in [5.41, 5.74) is 0.631. The molecule has 88 valence electrons. The maximum Gasteiger partial charge on any atom is 0.320 e. The topological polar surface area (TPSA) is 79.2 Å². The van der Waals surface area contributed by atoms with Gasteiger partial charge in [-0.05, 0) is 46.9 Å². The van der Waals surface area contributed by atoms with Crippen LogP contribution in [0.3, 0.4) is 0 Å². The lowest BCUT2D eigenvalue weighted by Crippen LogP contribution is -2.20. The summed E-state index contributed by atoms with van der Waals surface area (Å²) in [5, 5.41) is 10.8. The Morgan fingerprint density at radius 2 is 2.00 bits per heavy atom. The standard InChI is InChI=1S/C11H9IN2O3/c12-8-1-3-9(4-2-8)14-10(15)7-17-11(16)5-6-13/h1-4H,5,7H2,(H,14,15). The molecule has 0 aromatic heterocycles. The highest BCUT2D eigenvalue weighted by molar-refractivity contribution is 14.1. The Kier molecular flexibility index (Phi) is 5.42. The van der Waals surface area contributed by atoms with Crippen LogP contribution in [0.1, 0.15) is 6.42 Å². The van der Waals surface area contributed by atoms with Gasteiger partial charge in [0.05, 0.1) is 6.07 Å². The van der Waals surface area contributed by atoms with Crippen LogP contribution < -0.4 is 5.32 Å². The Hall–Kier alpha value is -1.62. The van der Waals surface area contributed by atoms with Gasteiger partial charge in [-0.2, -0.15) is 5.26 Å². The van der Waals surface area contributed by atoms with Gasteiger partial charge in [0.2, 0.25) is 0 Å². The van der Waals surface area contributed by atoms with E-state index in [0.717, 1.165) is 3.57 Å². The minimum Gasteiger partial charge on any atom is -0.455 e. The maximum atomic E-state index is 11.3. The molecule has 0 atom stereocenters. The molecule has 1 amide bonds. The van der Waals surface area contributed by atoms with Crippen molar-refractivity contribution in [1.82, 2.24) is 0 Å². The number of nitrogens with zero attached hydrogens (tertiary/aromatic N) is 1. The SMILES string of the molecule is N#CCC(=O)OCC(=O)Nc1ccc(I)cc1. The molecule has 1 aromatic carbocycles. The van der Waals surface area contributed by atoms with E-state index in [1.54, 1.807) is 18.2 Å². The number of rotatable bonds is 4. The number of anilines is 1. The van der Waals surface area contributed by atoms with Gasteiger partial charge >= 0.3 is 5.97 Å². The zero-order valence-electron chi connectivity index (χ0n) is 8.77. The molecular formula is C11H9IN2O3. The molecule has 0 spiro atoms. The molecular weight excluding hydrogens is 335 g/mol. The van der Waals surface area contributed by atoms with Crippen LogP contribution in [0.2, 0.25) is 0 Å². The first-order valence-corrected chi connectivity index (χ1v) is 5.77. The summed E-state index contributed by atoms with van der Waals surface area (Å²) in [5.74, 6) is -1.14. The van der Waals surface area contributed by atoms with E-state index in [4.69, 9.17) is 5.26 Å². The molecule has 5 nitrogen and oxygen atoms in total. The summed E-state index contributed by atoms with van der Waals surface area (Å²) in [6.45, 7) is -0.382. The second-order valence-electron chi connectivity index (χ2n) is 3.05. The van der Waals surface area contributed by atoms with Crippen LogP contribution in [-0.4, -0.2) is 18.5 Å². The first-order chi connectivity index (χ1) is 8.11. The zero-order chi connectivity index (χ0) is 12.7. The number of nitriles is 1. The Morgan fingerprint density at radius 1 is 1.35 bits per heavy atom. The normalized spacial score (nSPS) is 9.18. The monoisotopic (exact) mass is 344 g/mol. The largest absolute Gasteiger partial charge is 0.455 e. The summed E-state index contributed by atoms with van der Waals surface area (Å²) >= 11 is 2.15. The fraction of sp³-hybridized carbons (Fsp3) is 0.182. The summed E-state index contributed by atoms with van der Waals surface area (Å²) in [4.78, 5) is 22.2. The van der Waals surface area contributed by atoms with Crippen molar-refractivity contribution < 1.29 is 14.3 Å². The lowest BCUT2D eigenvalue weighted by atomic mass is 10.3. The zero-order valence-corrected chi connectivity index (χ0v) is 10.9. The molecule has 17 heavy (non-hydrogen) atoms. The molecule has 1 aromatic rings. The van der Waals surface area contributed by atoms with Crippen LogP contribution in [-0.2, 0) is 14.3 Å². The molecule has 6 heteroatoms. The van der Waals surface area contributed by atoms with Gasteiger partial charge in [0.1, 0.15) is 6.42 Å². The number of hydrogen-bond donors (Lipinski definition) is 1. The number of benzene rings is 1. The molecule has 0 saturated heterocycles. The first-order valence-electron chi connectivity index (χ1n) is 4.70. The number of halogens is 1. The minimum atomic E-state index is -0.703. The molecule has 0 aliphatic carbocycles. The van der Waals surface area contributed by atoms with E-state index in [1.165, 1.54) is 0 Å². The summed E-state index contributed by atoms with van der Waals surface area (Å²) in [7, 11) is 0. The Labute approximate surface area is 112 Å². The number of nitrogens with one attached hydrogen (secondary N) is 1. The van der Waals surface area contributed by atoms with Crippen molar-refractivity contribution in [2.75, 3.05) is 11.9 Å². The van der Waals surface area contributed by atoms with Gasteiger partial charge < -0.3 is 10.1 Å². The van der Waals surface area contributed by atoms with E-state index in [9.17, 15) is 9.59 Å². The second-order valence-corrected chi connectivity index (χ2v) is 4.30. The molecule has 0 unspecified atom stereocenters. The smallest absolute Gasteiger partial charge is 0.320 e. The van der Waals surface area contributed by atoms with Crippen LogP contribution in [0.15, 0.2) is 24.3 Å². The van der Waals surface area contributed by atoms with E-state index in [0.29, 0.717) is 5.69 Å². The van der Waals surface area contributed by atoms with Crippen molar-refractivity contribution in [3.63, 3.8) is 0 Å². The lowest BCUT2D eigenvalue weighted by molar-refractivity contribution is -0.146. The highest BCUT2D eigenvalue weighted by Gasteiger charge is 2.07. The molecule has 0 aliphatic heterocycles. The number of ether oxygens (including phenoxy) is 1. The average molecular weight is 344 g/mol. The summed E-state index contributed by atoms with van der Waals surface area (Å²) < 4.78 is 5.62. The van der Waals surface area contributed by atoms with E-state index >= 15 is 0 Å². The lowest BCUT2D eigenvalue weighted by Gasteiger charge is -2.05. The first kappa shape index (κ1) is 13.4. The van der Waals surface area contributed by atoms with Gasteiger partial charge in [-0.3, -0.25) is 9.59 Å². The second kappa shape index (κ2) is 6.85. The number of esters is 1. The van der Waals surface area contributed by atoms with Gasteiger partial charge in [0.15, 0.2) is 6.61 Å². The van der Waals surface area contributed by atoms with Crippen LogP contribution >= 0.6 is 22.6 Å². The molecule has 0 bridgehead atoms.